The molecule has 0 saturated carbocycles. The molecule has 1 heterocycles. The molecule has 0 N–H and O–H groups in total. The van der Waals surface area contributed by atoms with E-state index in [9.17, 15) is 0 Å². The van der Waals surface area contributed by atoms with E-state index in [1.807, 2.05) is 11.3 Å². The Morgan fingerprint density at radius 3 is 1.67 bits per heavy atom. The Morgan fingerprint density at radius 1 is 0.382 bits per heavy atom. The van der Waals surface area contributed by atoms with E-state index in [1.54, 1.807) is 0 Å². The van der Waals surface area contributed by atoms with Crippen LogP contribution in [0.2, 0.25) is 0 Å². The average Bonchev–Trinajstić information content (AvgIpc) is 3.76. The fourth-order valence-corrected chi connectivity index (χ4v) is 10.6. The van der Waals surface area contributed by atoms with Crippen molar-refractivity contribution >= 4 is 70.1 Å². The third kappa shape index (κ3) is 4.85. The Hall–Kier alpha value is -6.48. The van der Waals surface area contributed by atoms with Crippen molar-refractivity contribution in [3.8, 4) is 33.4 Å². The first-order valence-corrected chi connectivity index (χ1v) is 19.9. The molecule has 0 amide bonds. The summed E-state index contributed by atoms with van der Waals surface area (Å²) in [7, 11) is 0. The Labute approximate surface area is 325 Å². The molecule has 0 unspecified atom stereocenters. The third-order valence-corrected chi connectivity index (χ3v) is 13.1. The number of thiophene rings is 1. The lowest BCUT2D eigenvalue weighted by atomic mass is 9.82. The van der Waals surface area contributed by atoms with Gasteiger partial charge in [0, 0.05) is 42.3 Å². The van der Waals surface area contributed by atoms with Crippen LogP contribution < -0.4 is 4.90 Å². The zero-order valence-corrected chi connectivity index (χ0v) is 31.6. The Kier molecular flexibility index (Phi) is 7.14. The van der Waals surface area contributed by atoms with Gasteiger partial charge in [-0.1, -0.05) is 172 Å². The van der Waals surface area contributed by atoms with Crippen LogP contribution >= 0.6 is 11.3 Å². The minimum atomic E-state index is -0.124. The molecule has 0 saturated heterocycles. The minimum Gasteiger partial charge on any atom is -0.310 e. The molecule has 0 fully saturated rings. The van der Waals surface area contributed by atoms with Gasteiger partial charge >= 0.3 is 0 Å². The molecule has 11 rings (SSSR count). The summed E-state index contributed by atoms with van der Waals surface area (Å²) in [6.45, 7) is 4.74. The van der Waals surface area contributed by atoms with Crippen LogP contribution in [-0.2, 0) is 5.41 Å². The van der Waals surface area contributed by atoms with Gasteiger partial charge in [0.15, 0.2) is 0 Å². The van der Waals surface area contributed by atoms with E-state index in [0.717, 1.165) is 11.4 Å². The first kappa shape index (κ1) is 32.0. The molecule has 1 nitrogen and oxygen atoms in total. The van der Waals surface area contributed by atoms with Crippen molar-refractivity contribution in [1.29, 1.82) is 0 Å². The summed E-state index contributed by atoms with van der Waals surface area (Å²) in [6, 6.07) is 69.4. The van der Waals surface area contributed by atoms with Gasteiger partial charge in [-0.25, -0.2) is 0 Å². The fourth-order valence-electron chi connectivity index (χ4n) is 9.21. The van der Waals surface area contributed by atoms with Crippen LogP contribution in [0.5, 0.6) is 0 Å². The fraction of sp³-hybridized carbons (Fsp3) is 0.0566. The van der Waals surface area contributed by atoms with Gasteiger partial charge in [-0.05, 0) is 91.0 Å². The van der Waals surface area contributed by atoms with E-state index >= 15 is 0 Å². The van der Waals surface area contributed by atoms with Crippen molar-refractivity contribution in [1.82, 2.24) is 0 Å². The Bertz CT molecular complexity index is 3100. The topological polar surface area (TPSA) is 3.24 Å². The van der Waals surface area contributed by atoms with E-state index in [0.29, 0.717) is 0 Å². The molecule has 260 valence electrons. The number of fused-ring (bicyclic) bond motifs is 11. The maximum atomic E-state index is 2.52. The molecule has 0 atom stereocenters. The van der Waals surface area contributed by atoms with Gasteiger partial charge < -0.3 is 4.90 Å². The Balaban J connectivity index is 1.25. The van der Waals surface area contributed by atoms with E-state index in [-0.39, 0.29) is 5.41 Å². The van der Waals surface area contributed by atoms with E-state index < -0.39 is 0 Å². The molecule has 2 heteroatoms. The first-order chi connectivity index (χ1) is 27.1. The van der Waals surface area contributed by atoms with Crippen molar-refractivity contribution in [2.24, 2.45) is 0 Å². The summed E-state index contributed by atoms with van der Waals surface area (Å²) >= 11 is 1.93. The molecule has 1 aromatic heterocycles. The van der Waals surface area contributed by atoms with Gasteiger partial charge in [0.2, 0.25) is 0 Å². The summed E-state index contributed by atoms with van der Waals surface area (Å²) in [5, 5.41) is 7.79. The zero-order valence-electron chi connectivity index (χ0n) is 30.8. The van der Waals surface area contributed by atoms with Gasteiger partial charge in [0.05, 0.1) is 5.69 Å². The lowest BCUT2D eigenvalue weighted by Crippen LogP contribution is -2.16. The molecule has 0 spiro atoms. The summed E-state index contributed by atoms with van der Waals surface area (Å²) < 4.78 is 2.64. The van der Waals surface area contributed by atoms with E-state index in [2.05, 4.69) is 207 Å². The minimum absolute atomic E-state index is 0.124. The van der Waals surface area contributed by atoms with Gasteiger partial charge in [-0.3, -0.25) is 0 Å². The lowest BCUT2D eigenvalue weighted by molar-refractivity contribution is 0.660. The normalized spacial score (nSPS) is 13.1. The number of anilines is 3. The van der Waals surface area contributed by atoms with Crippen molar-refractivity contribution in [3.05, 3.63) is 199 Å². The van der Waals surface area contributed by atoms with E-state index in [4.69, 9.17) is 0 Å². The molecular weight excluding hydrogens is 683 g/mol. The molecular formula is C53H37NS. The van der Waals surface area contributed by atoms with Gasteiger partial charge in [0.1, 0.15) is 0 Å². The molecule has 1 aliphatic carbocycles. The van der Waals surface area contributed by atoms with Crippen molar-refractivity contribution in [2.75, 3.05) is 4.90 Å². The highest BCUT2D eigenvalue weighted by Gasteiger charge is 2.36. The van der Waals surface area contributed by atoms with Crippen LogP contribution in [0, 0.1) is 0 Å². The molecule has 0 radical (unpaired) electrons. The Morgan fingerprint density at radius 2 is 0.927 bits per heavy atom. The number of hydrogen-bond acceptors (Lipinski definition) is 2. The second kappa shape index (κ2) is 12.3. The molecule has 9 aromatic carbocycles. The van der Waals surface area contributed by atoms with E-state index in [1.165, 1.54) is 91.9 Å². The maximum Gasteiger partial charge on any atom is 0.0555 e. The average molecular weight is 720 g/mol. The van der Waals surface area contributed by atoms with Crippen molar-refractivity contribution in [3.63, 3.8) is 0 Å². The number of hydrogen-bond donors (Lipinski definition) is 0. The second-order valence-electron chi connectivity index (χ2n) is 15.2. The quantitative estimate of drug-likeness (QED) is 0.160. The second-order valence-corrected chi connectivity index (χ2v) is 16.3. The highest BCUT2D eigenvalue weighted by atomic mass is 32.1. The van der Waals surface area contributed by atoms with Gasteiger partial charge in [0.25, 0.3) is 0 Å². The summed E-state index contributed by atoms with van der Waals surface area (Å²) in [4.78, 5) is 2.52. The summed E-state index contributed by atoms with van der Waals surface area (Å²) in [5.41, 5.74) is 13.7. The monoisotopic (exact) mass is 719 g/mol. The van der Waals surface area contributed by atoms with Gasteiger partial charge in [-0.2, -0.15) is 0 Å². The van der Waals surface area contributed by atoms with Crippen LogP contribution in [-0.4, -0.2) is 0 Å². The van der Waals surface area contributed by atoms with Crippen LogP contribution in [0.25, 0.3) is 75.1 Å². The zero-order chi connectivity index (χ0) is 36.7. The highest BCUT2D eigenvalue weighted by molar-refractivity contribution is 7.27. The molecule has 0 bridgehead atoms. The van der Waals surface area contributed by atoms with Crippen molar-refractivity contribution in [2.45, 2.75) is 19.3 Å². The maximum absolute atomic E-state index is 2.52. The predicted octanol–water partition coefficient (Wildman–Crippen LogP) is 15.5. The largest absolute Gasteiger partial charge is 0.310 e. The smallest absolute Gasteiger partial charge is 0.0555 e. The summed E-state index contributed by atoms with van der Waals surface area (Å²) in [6.07, 6.45) is 0. The SMILES string of the molecule is CC1(C)c2ccccc2-c2ccc(N(c3ccc(-c4ccccc4)cc3)c3ccc(-c4ccccc4)c4sc5c6ccccc6c6ccccc6c5c34)cc21. The molecule has 10 aromatic rings. The number of benzene rings is 9. The van der Waals surface area contributed by atoms with Gasteiger partial charge in [-0.15, -0.1) is 11.3 Å². The van der Waals surface area contributed by atoms with Crippen LogP contribution in [0.4, 0.5) is 17.1 Å². The number of nitrogens with zero attached hydrogens (tertiary/aromatic N) is 1. The molecule has 1 aliphatic rings. The van der Waals surface area contributed by atoms with Crippen LogP contribution in [0.3, 0.4) is 0 Å². The predicted molar refractivity (Wildman–Crippen MR) is 237 cm³/mol. The molecule has 55 heavy (non-hydrogen) atoms. The summed E-state index contributed by atoms with van der Waals surface area (Å²) in [5.74, 6) is 0. The van der Waals surface area contributed by atoms with Crippen LogP contribution in [0.1, 0.15) is 25.0 Å². The molecule has 0 aliphatic heterocycles. The first-order valence-electron chi connectivity index (χ1n) is 19.1. The standard InChI is InChI=1S/C53H37NS/c1-53(2)46-24-14-13-21-42(46)43-30-29-38(33-47(43)53)54(37-27-25-35(26-28-37)34-15-5-3-6-16-34)48-32-31-39(36-17-7-4-8-18-36)51-50(48)49-44-22-11-9-19-40(44)41-20-10-12-23-45(41)52(49)55-51/h3-33H,1-2H3. The lowest BCUT2D eigenvalue weighted by Gasteiger charge is -2.29. The number of rotatable bonds is 5. The third-order valence-electron chi connectivity index (χ3n) is 11.9. The highest BCUT2D eigenvalue weighted by Crippen LogP contribution is 2.54. The van der Waals surface area contributed by atoms with Crippen LogP contribution in [0.15, 0.2) is 188 Å². The van der Waals surface area contributed by atoms with Crippen molar-refractivity contribution < 1.29 is 0 Å².